The van der Waals surface area contributed by atoms with Crippen molar-refractivity contribution >= 4 is 33.8 Å². The van der Waals surface area contributed by atoms with Gasteiger partial charge in [-0.25, -0.2) is 13.2 Å². The minimum atomic E-state index is -2.69. The summed E-state index contributed by atoms with van der Waals surface area (Å²) in [5.74, 6) is -0.615. The number of benzene rings is 1. The Bertz CT molecular complexity index is 1710. The smallest absolute Gasteiger partial charge is 0.272 e. The fourth-order valence-electron chi connectivity index (χ4n) is 6.08. The fraction of sp³-hybridized carbons (Fsp3) is 0.483. The van der Waals surface area contributed by atoms with E-state index in [0.29, 0.717) is 27.7 Å². The van der Waals surface area contributed by atoms with Crippen molar-refractivity contribution in [1.29, 1.82) is 0 Å². The number of rotatable bonds is 10. The van der Waals surface area contributed by atoms with Crippen LogP contribution in [-0.4, -0.2) is 67.2 Å². The second-order valence-corrected chi connectivity index (χ2v) is 12.2. The second-order valence-electron chi connectivity index (χ2n) is 12.2. The summed E-state index contributed by atoms with van der Waals surface area (Å²) in [6.45, 7) is 1.83. The number of amides is 2. The third kappa shape index (κ3) is 5.69. The van der Waals surface area contributed by atoms with E-state index in [1.54, 1.807) is 36.1 Å². The van der Waals surface area contributed by atoms with Crippen LogP contribution in [-0.2, 0) is 13.6 Å². The molecule has 2 amide bonds. The quantitative estimate of drug-likeness (QED) is 0.282. The Balaban J connectivity index is 1.09. The molecule has 0 bridgehead atoms. The average Bonchev–Trinajstić information content (AvgIpc) is 3.43. The number of ether oxygens (including phenoxy) is 2. The summed E-state index contributed by atoms with van der Waals surface area (Å²) in [7, 11) is 1.75. The molecular formula is C29H32F3N7O4. The molecule has 0 aliphatic heterocycles. The molecule has 2 saturated carbocycles. The molecule has 11 nitrogen and oxygen atoms in total. The molecule has 3 N–H and O–H groups in total. The molecule has 1 aromatic carbocycles. The first-order chi connectivity index (χ1) is 20.3. The topological polar surface area (TPSA) is 139 Å². The number of carbonyl (C=O) groups excluding carboxylic acids is 2. The molecule has 228 valence electrons. The van der Waals surface area contributed by atoms with E-state index in [9.17, 15) is 22.8 Å². The van der Waals surface area contributed by atoms with Gasteiger partial charge in [0.1, 0.15) is 36.2 Å². The summed E-state index contributed by atoms with van der Waals surface area (Å²) >= 11 is 0. The van der Waals surface area contributed by atoms with Gasteiger partial charge in [-0.1, -0.05) is 0 Å². The highest BCUT2D eigenvalue weighted by Gasteiger charge is 2.54. The lowest BCUT2D eigenvalue weighted by Crippen LogP contribution is -2.58. The third-order valence-electron chi connectivity index (χ3n) is 8.06. The zero-order valence-corrected chi connectivity index (χ0v) is 23.9. The van der Waals surface area contributed by atoms with Crippen LogP contribution in [0.15, 0.2) is 30.5 Å². The number of carbonyl (C=O) groups is 2. The van der Waals surface area contributed by atoms with Gasteiger partial charge in [-0.3, -0.25) is 19.0 Å². The van der Waals surface area contributed by atoms with Gasteiger partial charge in [0, 0.05) is 29.9 Å². The largest absolute Gasteiger partial charge is 0.490 e. The summed E-state index contributed by atoms with van der Waals surface area (Å²) in [6.07, 6.45) is 1.67. The van der Waals surface area contributed by atoms with Gasteiger partial charge in [0.05, 0.1) is 11.7 Å². The van der Waals surface area contributed by atoms with Gasteiger partial charge in [-0.05, 0) is 63.1 Å². The Morgan fingerprint density at radius 2 is 1.95 bits per heavy atom. The number of alkyl halides is 3. The Kier molecular flexibility index (Phi) is 6.97. The lowest BCUT2D eigenvalue weighted by atomic mass is 9.53. The van der Waals surface area contributed by atoms with Crippen molar-refractivity contribution < 1.29 is 32.2 Å². The van der Waals surface area contributed by atoms with Crippen molar-refractivity contribution in [2.24, 2.45) is 18.2 Å². The van der Waals surface area contributed by atoms with E-state index in [2.05, 4.69) is 20.5 Å². The maximum absolute atomic E-state index is 13.9. The standard InChI is InChI=1S/C29H32F3N7O4/c1-28(2,32)14-42-17-4-5-19-21(7-17)39(13-22(30)31)37-23(19)26(41)35-16-8-29(9-16)10-18(11-29)43-27-20(24(33)40)6-15-12-34-38(3)25(15)36-27/h4-7,12,16,18,22H,8-11,13-14H2,1-3H3,(H2,33,40)(H,35,41)/t16-,18-,29?. The maximum Gasteiger partial charge on any atom is 0.272 e. The predicted octanol–water partition coefficient (Wildman–Crippen LogP) is 3.93. The summed E-state index contributed by atoms with van der Waals surface area (Å²) in [5, 5.41) is 12.4. The first-order valence-corrected chi connectivity index (χ1v) is 14.0. The van der Waals surface area contributed by atoms with Gasteiger partial charge in [0.2, 0.25) is 5.88 Å². The SMILES string of the molecule is Cn1ncc2cc(C(N)=O)c(O[C@H]3CC4(C[C@H](NC(=O)c5nn(CC(F)F)c6cc(OCC(C)(C)F)ccc56)C4)C3)nc21. The summed E-state index contributed by atoms with van der Waals surface area (Å²) in [4.78, 5) is 29.7. The first kappa shape index (κ1) is 28.7. The normalized spacial score (nSPS) is 21.7. The molecular weight excluding hydrogens is 567 g/mol. The lowest BCUT2D eigenvalue weighted by Gasteiger charge is -2.57. The molecule has 0 unspecified atom stereocenters. The van der Waals surface area contributed by atoms with Crippen LogP contribution in [0.2, 0.25) is 0 Å². The van der Waals surface area contributed by atoms with Gasteiger partial charge in [0.25, 0.3) is 18.2 Å². The Hall–Kier alpha value is -4.36. The van der Waals surface area contributed by atoms with E-state index in [1.807, 2.05) is 0 Å². The molecule has 14 heteroatoms. The molecule has 2 aliphatic carbocycles. The van der Waals surface area contributed by atoms with E-state index in [4.69, 9.17) is 15.2 Å². The summed E-state index contributed by atoms with van der Waals surface area (Å²) in [5.41, 5.74) is 5.10. The first-order valence-electron chi connectivity index (χ1n) is 14.0. The Morgan fingerprint density at radius 3 is 2.63 bits per heavy atom. The van der Waals surface area contributed by atoms with Crippen LogP contribution in [0.25, 0.3) is 21.9 Å². The molecule has 3 heterocycles. The second kappa shape index (κ2) is 10.4. The Labute approximate surface area is 244 Å². The minimum Gasteiger partial charge on any atom is -0.490 e. The average molecular weight is 600 g/mol. The van der Waals surface area contributed by atoms with Crippen LogP contribution >= 0.6 is 0 Å². The molecule has 2 fully saturated rings. The van der Waals surface area contributed by atoms with Crippen molar-refractivity contribution in [1.82, 2.24) is 29.9 Å². The van der Waals surface area contributed by atoms with Crippen molar-refractivity contribution in [3.8, 4) is 11.6 Å². The van der Waals surface area contributed by atoms with Crippen molar-refractivity contribution in [2.75, 3.05) is 6.61 Å². The molecule has 4 aromatic rings. The maximum atomic E-state index is 13.9. The van der Waals surface area contributed by atoms with Crippen LogP contribution in [0.5, 0.6) is 11.6 Å². The van der Waals surface area contributed by atoms with Crippen molar-refractivity contribution in [3.63, 3.8) is 0 Å². The van der Waals surface area contributed by atoms with Crippen molar-refractivity contribution in [2.45, 2.75) is 70.3 Å². The number of nitrogens with zero attached hydrogens (tertiary/aromatic N) is 5. The van der Waals surface area contributed by atoms with E-state index in [1.165, 1.54) is 19.9 Å². The van der Waals surface area contributed by atoms with Crippen LogP contribution in [0.4, 0.5) is 13.2 Å². The zero-order chi connectivity index (χ0) is 30.7. The van der Waals surface area contributed by atoms with Crippen LogP contribution in [0.1, 0.15) is 60.4 Å². The molecule has 0 saturated heterocycles. The van der Waals surface area contributed by atoms with Gasteiger partial charge < -0.3 is 20.5 Å². The number of fused-ring (bicyclic) bond motifs is 2. The Morgan fingerprint density at radius 1 is 1.21 bits per heavy atom. The number of aryl methyl sites for hydroxylation is 1. The van der Waals surface area contributed by atoms with Gasteiger partial charge in [0.15, 0.2) is 11.3 Å². The molecule has 1 spiro atoms. The highest BCUT2D eigenvalue weighted by atomic mass is 19.3. The molecule has 0 atom stereocenters. The third-order valence-corrected chi connectivity index (χ3v) is 8.06. The van der Waals surface area contributed by atoms with E-state index in [-0.39, 0.29) is 41.3 Å². The molecule has 6 rings (SSSR count). The number of hydrogen-bond acceptors (Lipinski definition) is 7. The molecule has 0 radical (unpaired) electrons. The van der Waals surface area contributed by atoms with Crippen LogP contribution < -0.4 is 20.5 Å². The number of primary amides is 1. The monoisotopic (exact) mass is 599 g/mol. The van der Waals surface area contributed by atoms with Gasteiger partial charge >= 0.3 is 0 Å². The lowest BCUT2D eigenvalue weighted by molar-refractivity contribution is -0.0847. The number of hydrogen-bond donors (Lipinski definition) is 2. The van der Waals surface area contributed by atoms with Crippen molar-refractivity contribution in [3.05, 3.63) is 41.7 Å². The van der Waals surface area contributed by atoms with Crippen LogP contribution in [0, 0.1) is 5.41 Å². The van der Waals surface area contributed by atoms with Gasteiger partial charge in [-0.2, -0.15) is 15.2 Å². The number of pyridine rings is 1. The van der Waals surface area contributed by atoms with E-state index >= 15 is 0 Å². The number of aromatic nitrogens is 5. The predicted molar refractivity (Wildman–Crippen MR) is 150 cm³/mol. The molecule has 3 aromatic heterocycles. The highest BCUT2D eigenvalue weighted by molar-refractivity contribution is 6.05. The minimum absolute atomic E-state index is 0.000325. The highest BCUT2D eigenvalue weighted by Crippen LogP contribution is 2.57. The van der Waals surface area contributed by atoms with Crippen LogP contribution in [0.3, 0.4) is 0 Å². The number of halogens is 3. The zero-order valence-electron chi connectivity index (χ0n) is 23.9. The number of nitrogens with two attached hydrogens (primary N) is 1. The molecule has 2 aliphatic rings. The summed E-state index contributed by atoms with van der Waals surface area (Å²) in [6, 6.07) is 6.15. The molecule has 43 heavy (non-hydrogen) atoms. The summed E-state index contributed by atoms with van der Waals surface area (Å²) < 4.78 is 54.7. The van der Waals surface area contributed by atoms with E-state index < -0.39 is 30.5 Å². The van der Waals surface area contributed by atoms with E-state index in [0.717, 1.165) is 30.4 Å². The number of nitrogens with one attached hydrogen (secondary N) is 1. The van der Waals surface area contributed by atoms with Gasteiger partial charge in [-0.15, -0.1) is 0 Å². The fourth-order valence-corrected chi connectivity index (χ4v) is 6.08.